The number of esters is 1. The van der Waals surface area contributed by atoms with Crippen molar-refractivity contribution < 1.29 is 22.7 Å². The SMILES string of the molecule is COC(=O)CCN(CC1CCCO1)S(=O)(=O)N(C)C(C)C. The first kappa shape index (κ1) is 18.3. The van der Waals surface area contributed by atoms with Crippen LogP contribution in [-0.2, 0) is 24.5 Å². The van der Waals surface area contributed by atoms with Gasteiger partial charge in [-0.05, 0) is 26.7 Å². The Morgan fingerprint density at radius 1 is 1.43 bits per heavy atom. The summed E-state index contributed by atoms with van der Waals surface area (Å²) < 4.78 is 37.9. The molecule has 0 spiro atoms. The summed E-state index contributed by atoms with van der Waals surface area (Å²) >= 11 is 0. The maximum Gasteiger partial charge on any atom is 0.306 e. The van der Waals surface area contributed by atoms with Gasteiger partial charge in [0.2, 0.25) is 0 Å². The van der Waals surface area contributed by atoms with Crippen molar-refractivity contribution in [2.45, 2.75) is 45.3 Å². The van der Waals surface area contributed by atoms with Gasteiger partial charge in [-0.2, -0.15) is 17.0 Å². The van der Waals surface area contributed by atoms with Crippen molar-refractivity contribution >= 4 is 16.2 Å². The van der Waals surface area contributed by atoms with E-state index in [4.69, 9.17) is 4.74 Å². The molecular formula is C13H26N2O5S. The molecule has 1 rings (SSSR count). The molecule has 8 heteroatoms. The maximum absolute atomic E-state index is 12.6. The minimum Gasteiger partial charge on any atom is -0.469 e. The summed E-state index contributed by atoms with van der Waals surface area (Å²) in [5.74, 6) is -0.422. The highest BCUT2D eigenvalue weighted by Gasteiger charge is 2.32. The van der Waals surface area contributed by atoms with Crippen LogP contribution in [0.4, 0.5) is 0 Å². The second kappa shape index (κ2) is 8.07. The van der Waals surface area contributed by atoms with Gasteiger partial charge in [0, 0.05) is 32.8 Å². The van der Waals surface area contributed by atoms with Gasteiger partial charge in [-0.15, -0.1) is 0 Å². The molecule has 1 aliphatic rings. The molecule has 21 heavy (non-hydrogen) atoms. The van der Waals surface area contributed by atoms with E-state index in [2.05, 4.69) is 4.74 Å². The van der Waals surface area contributed by atoms with Gasteiger partial charge in [0.15, 0.2) is 0 Å². The Balaban J connectivity index is 2.80. The van der Waals surface area contributed by atoms with Crippen molar-refractivity contribution in [3.8, 4) is 0 Å². The van der Waals surface area contributed by atoms with E-state index in [9.17, 15) is 13.2 Å². The third kappa shape index (κ3) is 5.21. The van der Waals surface area contributed by atoms with Gasteiger partial charge >= 0.3 is 5.97 Å². The Kier molecular flexibility index (Phi) is 7.05. The molecule has 0 saturated carbocycles. The fourth-order valence-electron chi connectivity index (χ4n) is 2.08. The highest BCUT2D eigenvalue weighted by atomic mass is 32.2. The molecule has 0 bridgehead atoms. The first-order chi connectivity index (χ1) is 9.78. The molecule has 0 amide bonds. The Morgan fingerprint density at radius 2 is 2.10 bits per heavy atom. The zero-order valence-electron chi connectivity index (χ0n) is 13.2. The van der Waals surface area contributed by atoms with Gasteiger partial charge in [0.1, 0.15) is 0 Å². The Hall–Kier alpha value is -0.700. The monoisotopic (exact) mass is 322 g/mol. The van der Waals surface area contributed by atoms with Crippen LogP contribution in [0.1, 0.15) is 33.1 Å². The molecule has 1 atom stereocenters. The Labute approximate surface area is 127 Å². The van der Waals surface area contributed by atoms with Crippen molar-refractivity contribution in [3.63, 3.8) is 0 Å². The van der Waals surface area contributed by atoms with Gasteiger partial charge in [-0.1, -0.05) is 0 Å². The fourth-order valence-corrected chi connectivity index (χ4v) is 3.66. The molecule has 1 aliphatic heterocycles. The van der Waals surface area contributed by atoms with Gasteiger partial charge < -0.3 is 9.47 Å². The molecule has 0 N–H and O–H groups in total. The number of hydrogen-bond donors (Lipinski definition) is 0. The number of nitrogens with zero attached hydrogens (tertiary/aromatic N) is 2. The predicted molar refractivity (Wildman–Crippen MR) is 79.0 cm³/mol. The van der Waals surface area contributed by atoms with Crippen LogP contribution in [0.3, 0.4) is 0 Å². The second-order valence-electron chi connectivity index (χ2n) is 5.44. The third-order valence-corrected chi connectivity index (χ3v) is 5.78. The summed E-state index contributed by atoms with van der Waals surface area (Å²) in [5.41, 5.74) is 0. The number of methoxy groups -OCH3 is 1. The Bertz CT molecular complexity index is 432. The number of carbonyl (C=O) groups excluding carboxylic acids is 1. The maximum atomic E-state index is 12.6. The molecule has 0 aromatic rings. The first-order valence-corrected chi connectivity index (χ1v) is 8.60. The molecule has 1 unspecified atom stereocenters. The van der Waals surface area contributed by atoms with Crippen molar-refractivity contribution in [3.05, 3.63) is 0 Å². The van der Waals surface area contributed by atoms with Gasteiger partial charge in [-0.25, -0.2) is 0 Å². The summed E-state index contributed by atoms with van der Waals surface area (Å²) in [4.78, 5) is 11.3. The molecule has 0 aromatic heterocycles. The Morgan fingerprint density at radius 3 is 2.57 bits per heavy atom. The van der Waals surface area contributed by atoms with E-state index >= 15 is 0 Å². The molecule has 124 valence electrons. The number of hydrogen-bond acceptors (Lipinski definition) is 5. The van der Waals surface area contributed by atoms with Crippen LogP contribution in [0.15, 0.2) is 0 Å². The minimum absolute atomic E-state index is 0.0361. The smallest absolute Gasteiger partial charge is 0.306 e. The van der Waals surface area contributed by atoms with Crippen molar-refractivity contribution in [1.82, 2.24) is 8.61 Å². The fraction of sp³-hybridized carbons (Fsp3) is 0.923. The lowest BCUT2D eigenvalue weighted by Gasteiger charge is -2.30. The van der Waals surface area contributed by atoms with E-state index in [1.807, 2.05) is 13.8 Å². The lowest BCUT2D eigenvalue weighted by Crippen LogP contribution is -2.48. The molecule has 1 fully saturated rings. The molecule has 0 aromatic carbocycles. The van der Waals surface area contributed by atoms with Gasteiger partial charge in [-0.3, -0.25) is 4.79 Å². The van der Waals surface area contributed by atoms with Gasteiger partial charge in [0.05, 0.1) is 19.6 Å². The average molecular weight is 322 g/mol. The topological polar surface area (TPSA) is 76.1 Å². The molecule has 0 aliphatic carbocycles. The van der Waals surface area contributed by atoms with Crippen molar-refractivity contribution in [2.75, 3.05) is 33.9 Å². The molecule has 1 saturated heterocycles. The standard InChI is InChI=1S/C13H26N2O5S/c1-11(2)14(3)21(17,18)15(8-7-13(16)19-4)10-12-6-5-9-20-12/h11-12H,5-10H2,1-4H3. The molecule has 0 radical (unpaired) electrons. The number of ether oxygens (including phenoxy) is 2. The lowest BCUT2D eigenvalue weighted by molar-refractivity contribution is -0.140. The molecule has 1 heterocycles. The van der Waals surface area contributed by atoms with E-state index in [1.54, 1.807) is 7.05 Å². The predicted octanol–water partition coefficient (Wildman–Crippen LogP) is 0.616. The van der Waals surface area contributed by atoms with E-state index in [0.717, 1.165) is 12.8 Å². The van der Waals surface area contributed by atoms with E-state index in [0.29, 0.717) is 6.61 Å². The lowest BCUT2D eigenvalue weighted by atomic mass is 10.2. The van der Waals surface area contributed by atoms with Crippen molar-refractivity contribution in [1.29, 1.82) is 0 Å². The third-order valence-electron chi connectivity index (χ3n) is 3.64. The number of carbonyl (C=O) groups is 1. The summed E-state index contributed by atoms with van der Waals surface area (Å²) in [6.07, 6.45) is 1.72. The zero-order chi connectivity index (χ0) is 16.0. The second-order valence-corrected chi connectivity index (χ2v) is 7.42. The average Bonchev–Trinajstić information content (AvgIpc) is 2.94. The highest BCUT2D eigenvalue weighted by molar-refractivity contribution is 7.86. The summed E-state index contributed by atoms with van der Waals surface area (Å²) in [7, 11) is -0.777. The van der Waals surface area contributed by atoms with Crippen LogP contribution < -0.4 is 0 Å². The summed E-state index contributed by atoms with van der Waals surface area (Å²) in [6.45, 7) is 4.65. The zero-order valence-corrected chi connectivity index (χ0v) is 14.1. The van der Waals surface area contributed by atoms with E-state index in [1.165, 1.54) is 15.7 Å². The van der Waals surface area contributed by atoms with Crippen LogP contribution >= 0.6 is 0 Å². The van der Waals surface area contributed by atoms with Crippen LogP contribution in [0, 0.1) is 0 Å². The van der Waals surface area contributed by atoms with Crippen LogP contribution in [0.2, 0.25) is 0 Å². The van der Waals surface area contributed by atoms with Crippen LogP contribution in [0.25, 0.3) is 0 Å². The number of rotatable bonds is 8. The molecular weight excluding hydrogens is 296 g/mol. The van der Waals surface area contributed by atoms with Crippen LogP contribution in [-0.4, -0.2) is 69.0 Å². The van der Waals surface area contributed by atoms with Gasteiger partial charge in [0.25, 0.3) is 10.2 Å². The quantitative estimate of drug-likeness (QED) is 0.612. The minimum atomic E-state index is -3.61. The molecule has 7 nitrogen and oxygen atoms in total. The highest BCUT2D eigenvalue weighted by Crippen LogP contribution is 2.18. The van der Waals surface area contributed by atoms with Crippen molar-refractivity contribution in [2.24, 2.45) is 0 Å². The normalized spacial score (nSPS) is 19.7. The van der Waals surface area contributed by atoms with E-state index < -0.39 is 16.2 Å². The van der Waals surface area contributed by atoms with E-state index in [-0.39, 0.29) is 31.7 Å². The largest absolute Gasteiger partial charge is 0.469 e. The summed E-state index contributed by atoms with van der Waals surface area (Å²) in [5, 5.41) is 0. The summed E-state index contributed by atoms with van der Waals surface area (Å²) in [6, 6.07) is -0.153. The van der Waals surface area contributed by atoms with Crippen LogP contribution in [0.5, 0.6) is 0 Å². The first-order valence-electron chi connectivity index (χ1n) is 7.20.